The first-order valence-corrected chi connectivity index (χ1v) is 3.18. The van der Waals surface area contributed by atoms with Crippen molar-refractivity contribution in [2.75, 3.05) is 6.61 Å². The highest BCUT2D eigenvalue weighted by Crippen LogP contribution is 2.12. The number of hydrogen-bond donors (Lipinski definition) is 2. The zero-order valence-corrected chi connectivity index (χ0v) is 5.45. The van der Waals surface area contributed by atoms with Gasteiger partial charge in [0.2, 0.25) is 0 Å². The van der Waals surface area contributed by atoms with Gasteiger partial charge in [-0.1, -0.05) is 0 Å². The molecule has 1 saturated heterocycles. The van der Waals surface area contributed by atoms with Gasteiger partial charge >= 0.3 is 0 Å². The van der Waals surface area contributed by atoms with Gasteiger partial charge in [-0.3, -0.25) is 0 Å². The molecule has 3 heteroatoms. The second-order valence-electron chi connectivity index (χ2n) is 2.51. The Balaban J connectivity index is 2.35. The summed E-state index contributed by atoms with van der Waals surface area (Å²) in [7, 11) is 0. The lowest BCUT2D eigenvalue weighted by Crippen LogP contribution is -2.39. The summed E-state index contributed by atoms with van der Waals surface area (Å²) in [6, 6.07) is 0. The Morgan fingerprint density at radius 1 is 1.33 bits per heavy atom. The van der Waals surface area contributed by atoms with Gasteiger partial charge in [0.1, 0.15) is 6.10 Å². The van der Waals surface area contributed by atoms with Gasteiger partial charge < -0.3 is 14.9 Å². The fourth-order valence-corrected chi connectivity index (χ4v) is 0.939. The molecule has 0 aromatic rings. The van der Waals surface area contributed by atoms with Crippen LogP contribution in [0.15, 0.2) is 0 Å². The number of aliphatic hydroxyl groups is 2. The number of aliphatic hydroxyl groups excluding tert-OH is 2. The predicted molar refractivity (Wildman–Crippen MR) is 32.0 cm³/mol. The quantitative estimate of drug-likeness (QED) is 0.468. The second kappa shape index (κ2) is 2.64. The summed E-state index contributed by atoms with van der Waals surface area (Å²) in [5.74, 6) is 0. The van der Waals surface area contributed by atoms with E-state index in [-0.39, 0.29) is 12.7 Å². The molecule has 3 atom stereocenters. The van der Waals surface area contributed by atoms with Crippen LogP contribution in [0.3, 0.4) is 0 Å². The predicted octanol–water partition coefficient (Wildman–Crippen LogP) is -0.483. The molecule has 0 radical (unpaired) electrons. The van der Waals surface area contributed by atoms with Crippen molar-refractivity contribution in [1.29, 1.82) is 0 Å². The summed E-state index contributed by atoms with van der Waals surface area (Å²) in [6.45, 7) is 2.15. The van der Waals surface area contributed by atoms with Crippen molar-refractivity contribution in [2.24, 2.45) is 0 Å². The van der Waals surface area contributed by atoms with Crippen molar-refractivity contribution >= 4 is 0 Å². The van der Waals surface area contributed by atoms with E-state index in [1.165, 1.54) is 0 Å². The van der Waals surface area contributed by atoms with E-state index in [4.69, 9.17) is 14.9 Å². The van der Waals surface area contributed by atoms with E-state index < -0.39 is 12.2 Å². The van der Waals surface area contributed by atoms with Crippen LogP contribution in [0.5, 0.6) is 0 Å². The van der Waals surface area contributed by atoms with Crippen LogP contribution in [0, 0.1) is 0 Å². The lowest BCUT2D eigenvalue weighted by atomic mass is 10.1. The Morgan fingerprint density at radius 2 is 2.00 bits per heavy atom. The van der Waals surface area contributed by atoms with Gasteiger partial charge in [-0.2, -0.15) is 0 Å². The zero-order chi connectivity index (χ0) is 6.85. The maximum atomic E-state index is 9.02. The first-order chi connectivity index (χ1) is 4.20. The van der Waals surface area contributed by atoms with E-state index in [0.29, 0.717) is 6.42 Å². The smallest absolute Gasteiger partial charge is 0.103 e. The van der Waals surface area contributed by atoms with Crippen LogP contribution in [-0.4, -0.2) is 35.1 Å². The van der Waals surface area contributed by atoms with Gasteiger partial charge in [0.25, 0.3) is 0 Å². The third-order valence-electron chi connectivity index (χ3n) is 1.57. The van der Waals surface area contributed by atoms with Gasteiger partial charge in [0.15, 0.2) is 0 Å². The summed E-state index contributed by atoms with van der Waals surface area (Å²) in [5.41, 5.74) is 0. The minimum absolute atomic E-state index is 0.0865. The van der Waals surface area contributed by atoms with E-state index >= 15 is 0 Å². The molecule has 0 saturated carbocycles. The van der Waals surface area contributed by atoms with E-state index in [9.17, 15) is 0 Å². The topological polar surface area (TPSA) is 49.7 Å². The van der Waals surface area contributed by atoms with Gasteiger partial charge in [0, 0.05) is 6.42 Å². The van der Waals surface area contributed by atoms with Crippen LogP contribution < -0.4 is 0 Å². The molecule has 9 heavy (non-hydrogen) atoms. The minimum Gasteiger partial charge on any atom is -0.390 e. The summed E-state index contributed by atoms with van der Waals surface area (Å²) in [4.78, 5) is 0. The maximum Gasteiger partial charge on any atom is 0.103 e. The highest BCUT2D eigenvalue weighted by Gasteiger charge is 2.25. The highest BCUT2D eigenvalue weighted by molar-refractivity contribution is 4.74. The fourth-order valence-electron chi connectivity index (χ4n) is 0.939. The molecule has 0 unspecified atom stereocenters. The number of ether oxygens (including phenoxy) is 1. The fraction of sp³-hybridized carbons (Fsp3) is 1.00. The van der Waals surface area contributed by atoms with Crippen molar-refractivity contribution in [1.82, 2.24) is 0 Å². The molecule has 3 nitrogen and oxygen atoms in total. The van der Waals surface area contributed by atoms with E-state index in [1.807, 2.05) is 6.92 Å². The Kier molecular flexibility index (Phi) is 2.05. The lowest BCUT2D eigenvalue weighted by molar-refractivity contribution is -0.115. The van der Waals surface area contributed by atoms with Crippen LogP contribution in [0.25, 0.3) is 0 Å². The van der Waals surface area contributed by atoms with Crippen LogP contribution in [0.2, 0.25) is 0 Å². The first kappa shape index (κ1) is 6.99. The van der Waals surface area contributed by atoms with Crippen LogP contribution in [0.1, 0.15) is 13.3 Å². The van der Waals surface area contributed by atoms with E-state index in [0.717, 1.165) is 0 Å². The lowest BCUT2D eigenvalue weighted by Gasteiger charge is -2.27. The van der Waals surface area contributed by atoms with E-state index in [1.54, 1.807) is 0 Å². The molecule has 1 rings (SSSR count). The van der Waals surface area contributed by atoms with Crippen molar-refractivity contribution < 1.29 is 14.9 Å². The molecule has 0 aliphatic carbocycles. The standard InChI is InChI=1S/C6H12O3/c1-4-2-5(7)6(8)3-9-4/h4-8H,2-3H2,1H3/t4-,5+,6+/m0/s1. The Hall–Kier alpha value is -0.120. The summed E-state index contributed by atoms with van der Waals surface area (Å²) in [6.07, 6.45) is -0.639. The molecular weight excluding hydrogens is 120 g/mol. The Morgan fingerprint density at radius 3 is 2.44 bits per heavy atom. The number of hydrogen-bond acceptors (Lipinski definition) is 3. The van der Waals surface area contributed by atoms with Gasteiger partial charge in [0.05, 0.1) is 18.8 Å². The summed E-state index contributed by atoms with van der Waals surface area (Å²) >= 11 is 0. The first-order valence-electron chi connectivity index (χ1n) is 3.18. The van der Waals surface area contributed by atoms with Crippen molar-refractivity contribution in [2.45, 2.75) is 31.7 Å². The molecule has 1 fully saturated rings. The van der Waals surface area contributed by atoms with Crippen LogP contribution in [-0.2, 0) is 4.74 Å². The molecule has 0 spiro atoms. The van der Waals surface area contributed by atoms with Crippen LogP contribution in [0.4, 0.5) is 0 Å². The highest BCUT2D eigenvalue weighted by atomic mass is 16.5. The molecular formula is C6H12O3. The molecule has 1 heterocycles. The molecule has 54 valence electrons. The summed E-state index contributed by atoms with van der Waals surface area (Å²) in [5, 5.41) is 17.9. The zero-order valence-electron chi connectivity index (χ0n) is 5.45. The molecule has 0 aromatic heterocycles. The third kappa shape index (κ3) is 1.64. The third-order valence-corrected chi connectivity index (χ3v) is 1.57. The van der Waals surface area contributed by atoms with Gasteiger partial charge in [-0.15, -0.1) is 0 Å². The summed E-state index contributed by atoms with van der Waals surface area (Å²) < 4.78 is 5.05. The molecule has 1 aliphatic heterocycles. The Labute approximate surface area is 54.3 Å². The second-order valence-corrected chi connectivity index (χ2v) is 2.51. The largest absolute Gasteiger partial charge is 0.390 e. The van der Waals surface area contributed by atoms with Crippen molar-refractivity contribution in [3.8, 4) is 0 Å². The molecule has 1 aliphatic rings. The molecule has 0 aromatic carbocycles. The Bertz CT molecular complexity index is 94.3. The molecule has 0 amide bonds. The van der Waals surface area contributed by atoms with Crippen LogP contribution >= 0.6 is 0 Å². The monoisotopic (exact) mass is 132 g/mol. The maximum absolute atomic E-state index is 9.02. The number of rotatable bonds is 0. The normalized spacial score (nSPS) is 45.0. The minimum atomic E-state index is -0.679. The average Bonchev–Trinajstić information content (AvgIpc) is 1.80. The van der Waals surface area contributed by atoms with Crippen molar-refractivity contribution in [3.05, 3.63) is 0 Å². The van der Waals surface area contributed by atoms with E-state index in [2.05, 4.69) is 0 Å². The van der Waals surface area contributed by atoms with Gasteiger partial charge in [-0.25, -0.2) is 0 Å². The molecule has 2 N–H and O–H groups in total. The van der Waals surface area contributed by atoms with Gasteiger partial charge in [-0.05, 0) is 6.92 Å². The molecule has 0 bridgehead atoms. The SMILES string of the molecule is C[C@H]1C[C@@H](O)[C@H](O)CO1. The average molecular weight is 132 g/mol. The van der Waals surface area contributed by atoms with Crippen molar-refractivity contribution in [3.63, 3.8) is 0 Å².